The van der Waals surface area contributed by atoms with Gasteiger partial charge in [-0.3, -0.25) is 4.90 Å². The van der Waals surface area contributed by atoms with Crippen molar-refractivity contribution in [2.24, 2.45) is 0 Å². The van der Waals surface area contributed by atoms with E-state index in [1.54, 1.807) is 28.2 Å². The van der Waals surface area contributed by atoms with Crippen molar-refractivity contribution in [1.29, 1.82) is 0 Å². The average molecular weight is 417 g/mol. The molecule has 0 bridgehead atoms. The van der Waals surface area contributed by atoms with Crippen LogP contribution in [0.3, 0.4) is 0 Å². The van der Waals surface area contributed by atoms with Gasteiger partial charge in [-0.05, 0) is 37.5 Å². The second kappa shape index (κ2) is 7.85. The van der Waals surface area contributed by atoms with E-state index in [1.807, 2.05) is 30.0 Å². The zero-order chi connectivity index (χ0) is 18.0. The lowest BCUT2D eigenvalue weighted by molar-refractivity contribution is 0.144. The minimum absolute atomic E-state index is 0.359. The molecule has 1 aromatic heterocycles. The second-order valence-corrected chi connectivity index (χ2v) is 10.4. The molecule has 1 aliphatic rings. The maximum atomic E-state index is 12.7. The Hall–Kier alpha value is -0.780. The van der Waals surface area contributed by atoms with E-state index < -0.39 is 10.0 Å². The standard InChI is InChI=1S/C15H20N4O2S4/c1-12-3-5-13(6-4-12)25(20,21)18-9-7-17(8-10-18)11-19-15(22)24-14(16-19)23-2/h3-6H,7-11H2,1-2H3. The van der Waals surface area contributed by atoms with Crippen LogP contribution < -0.4 is 0 Å². The minimum atomic E-state index is -3.42. The van der Waals surface area contributed by atoms with Gasteiger partial charge in [0, 0.05) is 26.2 Å². The SMILES string of the molecule is CSc1nn(CN2CCN(S(=O)(=O)c3ccc(C)cc3)CC2)c(=S)s1. The molecule has 0 atom stereocenters. The molecule has 0 radical (unpaired) electrons. The number of piperazine rings is 1. The van der Waals surface area contributed by atoms with Crippen molar-refractivity contribution in [3.05, 3.63) is 33.8 Å². The molecular weight excluding hydrogens is 396 g/mol. The lowest BCUT2D eigenvalue weighted by Gasteiger charge is -2.33. The highest BCUT2D eigenvalue weighted by molar-refractivity contribution is 8.00. The first-order valence-corrected chi connectivity index (χ1v) is 11.7. The highest BCUT2D eigenvalue weighted by Gasteiger charge is 2.28. The van der Waals surface area contributed by atoms with Crippen LogP contribution in [0.2, 0.25) is 0 Å². The van der Waals surface area contributed by atoms with E-state index >= 15 is 0 Å². The Balaban J connectivity index is 1.64. The third kappa shape index (κ3) is 4.32. The van der Waals surface area contributed by atoms with Crippen molar-refractivity contribution in [3.63, 3.8) is 0 Å². The Morgan fingerprint density at radius 1 is 1.20 bits per heavy atom. The van der Waals surface area contributed by atoms with Crippen LogP contribution in [0.4, 0.5) is 0 Å². The Morgan fingerprint density at radius 2 is 1.84 bits per heavy atom. The minimum Gasteiger partial charge on any atom is -0.282 e. The summed E-state index contributed by atoms with van der Waals surface area (Å²) in [5, 5.41) is 4.47. The third-order valence-electron chi connectivity index (χ3n) is 4.09. The predicted octanol–water partition coefficient (Wildman–Crippen LogP) is 2.67. The van der Waals surface area contributed by atoms with Crippen LogP contribution in [-0.2, 0) is 16.7 Å². The van der Waals surface area contributed by atoms with E-state index in [-0.39, 0.29) is 0 Å². The number of aromatic nitrogens is 2. The van der Waals surface area contributed by atoms with Crippen LogP contribution in [0, 0.1) is 10.9 Å². The zero-order valence-corrected chi connectivity index (χ0v) is 17.3. The zero-order valence-electron chi connectivity index (χ0n) is 14.1. The number of rotatable bonds is 5. The van der Waals surface area contributed by atoms with E-state index in [9.17, 15) is 8.42 Å². The van der Waals surface area contributed by atoms with Crippen molar-refractivity contribution in [2.45, 2.75) is 22.8 Å². The summed E-state index contributed by atoms with van der Waals surface area (Å²) >= 11 is 8.42. The molecule has 2 heterocycles. The summed E-state index contributed by atoms with van der Waals surface area (Å²) in [6.07, 6.45) is 1.98. The molecule has 10 heteroatoms. The highest BCUT2D eigenvalue weighted by atomic mass is 32.2. The normalized spacial score (nSPS) is 17.0. The van der Waals surface area contributed by atoms with Gasteiger partial charge in [0.1, 0.15) is 0 Å². The van der Waals surface area contributed by atoms with Crippen LogP contribution in [0.5, 0.6) is 0 Å². The van der Waals surface area contributed by atoms with Crippen molar-refractivity contribution in [3.8, 4) is 0 Å². The van der Waals surface area contributed by atoms with Gasteiger partial charge in [-0.15, -0.1) is 0 Å². The van der Waals surface area contributed by atoms with Crippen LogP contribution in [0.1, 0.15) is 5.56 Å². The molecule has 2 aromatic rings. The summed E-state index contributed by atoms with van der Waals surface area (Å²) < 4.78 is 30.5. The summed E-state index contributed by atoms with van der Waals surface area (Å²) in [5.74, 6) is 0. The Labute approximate surface area is 161 Å². The first-order valence-electron chi connectivity index (χ1n) is 7.81. The van der Waals surface area contributed by atoms with Gasteiger partial charge in [-0.1, -0.05) is 40.8 Å². The average Bonchev–Trinajstić information content (AvgIpc) is 2.96. The Morgan fingerprint density at radius 3 is 2.40 bits per heavy atom. The number of benzene rings is 1. The first kappa shape index (κ1) is 19.0. The molecule has 0 saturated carbocycles. The summed E-state index contributed by atoms with van der Waals surface area (Å²) in [5.41, 5.74) is 1.05. The smallest absolute Gasteiger partial charge is 0.243 e. The van der Waals surface area contributed by atoms with E-state index in [0.29, 0.717) is 37.7 Å². The fourth-order valence-corrected chi connectivity index (χ4v) is 5.78. The van der Waals surface area contributed by atoms with Gasteiger partial charge in [-0.2, -0.15) is 9.40 Å². The highest BCUT2D eigenvalue weighted by Crippen LogP contribution is 2.21. The van der Waals surface area contributed by atoms with Crippen molar-refractivity contribution < 1.29 is 8.42 Å². The van der Waals surface area contributed by atoms with Gasteiger partial charge in [0.05, 0.1) is 11.6 Å². The lowest BCUT2D eigenvalue weighted by Crippen LogP contribution is -2.48. The molecule has 3 rings (SSSR count). The molecule has 25 heavy (non-hydrogen) atoms. The fourth-order valence-electron chi connectivity index (χ4n) is 2.62. The predicted molar refractivity (Wildman–Crippen MR) is 104 cm³/mol. The molecule has 6 nitrogen and oxygen atoms in total. The molecule has 136 valence electrons. The Kier molecular flexibility index (Phi) is 5.96. The van der Waals surface area contributed by atoms with E-state index in [4.69, 9.17) is 12.2 Å². The largest absolute Gasteiger partial charge is 0.282 e. The number of hydrogen-bond donors (Lipinski definition) is 0. The number of hydrogen-bond acceptors (Lipinski definition) is 7. The van der Waals surface area contributed by atoms with E-state index in [0.717, 1.165) is 13.9 Å². The van der Waals surface area contributed by atoms with E-state index in [2.05, 4.69) is 10.00 Å². The van der Waals surface area contributed by atoms with Crippen LogP contribution >= 0.6 is 35.3 Å². The van der Waals surface area contributed by atoms with Crippen molar-refractivity contribution in [1.82, 2.24) is 19.0 Å². The van der Waals surface area contributed by atoms with Gasteiger partial charge >= 0.3 is 0 Å². The molecule has 1 aliphatic heterocycles. The molecular formula is C15H20N4O2S4. The van der Waals surface area contributed by atoms with E-state index in [1.165, 1.54) is 11.3 Å². The topological polar surface area (TPSA) is 58.4 Å². The second-order valence-electron chi connectivity index (χ2n) is 5.81. The maximum Gasteiger partial charge on any atom is 0.243 e. The molecule has 0 N–H and O–H groups in total. The van der Waals surface area contributed by atoms with Gasteiger partial charge in [-0.25, -0.2) is 13.1 Å². The molecule has 0 unspecified atom stereocenters. The molecule has 1 fully saturated rings. The first-order chi connectivity index (χ1) is 11.9. The molecule has 0 spiro atoms. The lowest BCUT2D eigenvalue weighted by atomic mass is 10.2. The number of nitrogens with zero attached hydrogens (tertiary/aromatic N) is 4. The van der Waals surface area contributed by atoms with Gasteiger partial charge in [0.25, 0.3) is 0 Å². The monoisotopic (exact) mass is 416 g/mol. The summed E-state index contributed by atoms with van der Waals surface area (Å²) in [4.78, 5) is 2.54. The Bertz CT molecular complexity index is 881. The summed E-state index contributed by atoms with van der Waals surface area (Å²) in [7, 11) is -3.42. The fraction of sp³-hybridized carbons (Fsp3) is 0.467. The summed E-state index contributed by atoms with van der Waals surface area (Å²) in [6.45, 7) is 4.83. The quantitative estimate of drug-likeness (QED) is 0.552. The molecule has 0 amide bonds. The molecule has 0 aliphatic carbocycles. The number of thioether (sulfide) groups is 1. The van der Waals surface area contributed by atoms with Crippen molar-refractivity contribution in [2.75, 3.05) is 32.4 Å². The summed E-state index contributed by atoms with van der Waals surface area (Å²) in [6, 6.07) is 7.01. The van der Waals surface area contributed by atoms with Crippen LogP contribution in [0.25, 0.3) is 0 Å². The number of aryl methyl sites for hydroxylation is 1. The van der Waals surface area contributed by atoms with Crippen molar-refractivity contribution >= 4 is 45.3 Å². The van der Waals surface area contributed by atoms with Crippen LogP contribution in [0.15, 0.2) is 33.5 Å². The van der Waals surface area contributed by atoms with Gasteiger partial charge in [0.15, 0.2) is 8.29 Å². The molecule has 1 aromatic carbocycles. The van der Waals surface area contributed by atoms with Gasteiger partial charge < -0.3 is 0 Å². The van der Waals surface area contributed by atoms with Crippen LogP contribution in [-0.4, -0.2) is 59.8 Å². The van der Waals surface area contributed by atoms with Gasteiger partial charge in [0.2, 0.25) is 10.0 Å². The third-order valence-corrected chi connectivity index (χ3v) is 8.28. The molecule has 1 saturated heterocycles. The number of sulfonamides is 1. The maximum absolute atomic E-state index is 12.7.